The normalized spacial score (nSPS) is 21.3. The van der Waals surface area contributed by atoms with Crippen LogP contribution in [0.1, 0.15) is 71.8 Å². The van der Waals surface area contributed by atoms with Crippen LogP contribution in [0.5, 0.6) is 0 Å². The monoisotopic (exact) mass is 510 g/mol. The quantitative estimate of drug-likeness (QED) is 0.293. The maximum absolute atomic E-state index is 14.4. The summed E-state index contributed by atoms with van der Waals surface area (Å²) in [5.74, 6) is -0.166. The second-order valence-corrected chi connectivity index (χ2v) is 10.4. The van der Waals surface area contributed by atoms with Crippen molar-refractivity contribution in [1.82, 2.24) is 10.0 Å². The Morgan fingerprint density at radius 2 is 1.21 bits per heavy atom. The summed E-state index contributed by atoms with van der Waals surface area (Å²) >= 11 is 0. The number of benzene rings is 4. The Bertz CT molecular complexity index is 1590. The fraction of sp³-hybridized carbons (Fsp3) is 0.206. The first-order valence-electron chi connectivity index (χ1n) is 13.8. The number of rotatable bonds is 5. The SMILES string of the molecule is CCCC[C@@H]1C(=O)N2N=C(c3ccccc3)c3ccccc3[C@H]2N2N=C(c3ccccc3)c3ccccc3[C@@H]12. The molecular formula is C34H30N4O. The van der Waals surface area contributed by atoms with E-state index in [-0.39, 0.29) is 17.9 Å². The molecule has 5 heteroatoms. The van der Waals surface area contributed by atoms with Crippen LogP contribution in [0.15, 0.2) is 119 Å². The van der Waals surface area contributed by atoms with Gasteiger partial charge < -0.3 is 0 Å². The van der Waals surface area contributed by atoms with Gasteiger partial charge in [-0.25, -0.2) is 5.01 Å². The molecule has 0 N–H and O–H groups in total. The number of amides is 1. The number of hydrogen-bond acceptors (Lipinski definition) is 4. The maximum Gasteiger partial charge on any atom is 0.250 e. The summed E-state index contributed by atoms with van der Waals surface area (Å²) in [7, 11) is 0. The lowest BCUT2D eigenvalue weighted by molar-refractivity contribution is -0.161. The van der Waals surface area contributed by atoms with E-state index >= 15 is 0 Å². The Morgan fingerprint density at radius 1 is 0.667 bits per heavy atom. The number of hydrazone groups is 2. The molecule has 0 aliphatic carbocycles. The van der Waals surface area contributed by atoms with Gasteiger partial charge in [-0.3, -0.25) is 9.80 Å². The lowest BCUT2D eigenvalue weighted by Crippen LogP contribution is -2.56. The first-order valence-corrected chi connectivity index (χ1v) is 13.8. The van der Waals surface area contributed by atoms with Gasteiger partial charge in [0.05, 0.1) is 23.4 Å². The number of carbonyl (C=O) groups is 1. The van der Waals surface area contributed by atoms with Crippen molar-refractivity contribution in [3.05, 3.63) is 143 Å². The summed E-state index contributed by atoms with van der Waals surface area (Å²) in [6.45, 7) is 2.18. The van der Waals surface area contributed by atoms with E-state index < -0.39 is 6.17 Å². The minimum absolute atomic E-state index is 0.0748. The van der Waals surface area contributed by atoms with Gasteiger partial charge in [0, 0.05) is 27.8 Å². The molecular weight excluding hydrogens is 480 g/mol. The van der Waals surface area contributed by atoms with Crippen LogP contribution in [0.2, 0.25) is 0 Å². The largest absolute Gasteiger partial charge is 0.272 e. The molecule has 0 aromatic heterocycles. The fourth-order valence-corrected chi connectivity index (χ4v) is 6.29. The smallest absolute Gasteiger partial charge is 0.250 e. The highest BCUT2D eigenvalue weighted by Gasteiger charge is 2.52. The van der Waals surface area contributed by atoms with Gasteiger partial charge in [-0.15, -0.1) is 0 Å². The summed E-state index contributed by atoms with van der Waals surface area (Å²) in [4.78, 5) is 14.4. The van der Waals surface area contributed by atoms with Gasteiger partial charge in [0.15, 0.2) is 6.17 Å². The zero-order chi connectivity index (χ0) is 26.3. The van der Waals surface area contributed by atoms with Crippen molar-refractivity contribution < 1.29 is 4.79 Å². The van der Waals surface area contributed by atoms with E-state index in [0.717, 1.165) is 64.1 Å². The molecule has 5 nitrogen and oxygen atoms in total. The van der Waals surface area contributed by atoms with Crippen LogP contribution in [-0.2, 0) is 4.79 Å². The zero-order valence-corrected chi connectivity index (χ0v) is 21.9. The first-order chi connectivity index (χ1) is 19.3. The molecule has 192 valence electrons. The van der Waals surface area contributed by atoms with Crippen molar-refractivity contribution in [3.63, 3.8) is 0 Å². The summed E-state index contributed by atoms with van der Waals surface area (Å²) in [6, 6.07) is 37.2. The molecule has 0 unspecified atom stereocenters. The Labute approximate surface area is 229 Å². The number of unbranched alkanes of at least 4 members (excludes halogenated alkanes) is 1. The molecule has 1 amide bonds. The van der Waals surface area contributed by atoms with Crippen LogP contribution >= 0.6 is 0 Å². The Morgan fingerprint density at radius 3 is 1.85 bits per heavy atom. The van der Waals surface area contributed by atoms with Crippen molar-refractivity contribution in [1.29, 1.82) is 0 Å². The number of fused-ring (bicyclic) bond motifs is 7. The molecule has 1 saturated heterocycles. The summed E-state index contributed by atoms with van der Waals surface area (Å²) in [6.07, 6.45) is 2.38. The predicted octanol–water partition coefficient (Wildman–Crippen LogP) is 6.91. The second-order valence-electron chi connectivity index (χ2n) is 10.4. The molecule has 4 aromatic carbocycles. The highest BCUT2D eigenvalue weighted by atomic mass is 16.2. The third kappa shape index (κ3) is 3.80. The Balaban J connectivity index is 1.46. The van der Waals surface area contributed by atoms with Crippen molar-refractivity contribution in [2.24, 2.45) is 16.1 Å². The van der Waals surface area contributed by atoms with Gasteiger partial charge in [0.2, 0.25) is 0 Å². The van der Waals surface area contributed by atoms with E-state index in [4.69, 9.17) is 10.2 Å². The topological polar surface area (TPSA) is 48.3 Å². The van der Waals surface area contributed by atoms with E-state index in [1.165, 1.54) is 0 Å². The van der Waals surface area contributed by atoms with Crippen molar-refractivity contribution in [2.75, 3.05) is 0 Å². The lowest BCUT2D eigenvalue weighted by atomic mass is 9.79. The van der Waals surface area contributed by atoms with Gasteiger partial charge in [-0.1, -0.05) is 129 Å². The number of nitrogens with zero attached hydrogens (tertiary/aromatic N) is 4. The predicted molar refractivity (Wildman–Crippen MR) is 154 cm³/mol. The molecule has 0 spiro atoms. The summed E-state index contributed by atoms with van der Waals surface area (Å²) < 4.78 is 0. The highest BCUT2D eigenvalue weighted by molar-refractivity contribution is 6.16. The van der Waals surface area contributed by atoms with Crippen LogP contribution in [0, 0.1) is 5.92 Å². The second kappa shape index (κ2) is 9.66. The van der Waals surface area contributed by atoms with E-state index in [0.29, 0.717) is 0 Å². The number of carbonyl (C=O) groups excluding carboxylic acids is 1. The highest BCUT2D eigenvalue weighted by Crippen LogP contribution is 2.50. The van der Waals surface area contributed by atoms with Crippen LogP contribution in [0.3, 0.4) is 0 Å². The van der Waals surface area contributed by atoms with Gasteiger partial charge in [-0.2, -0.15) is 10.2 Å². The van der Waals surface area contributed by atoms with Crippen LogP contribution in [0.4, 0.5) is 0 Å². The third-order valence-electron chi connectivity index (χ3n) is 8.11. The van der Waals surface area contributed by atoms with Crippen molar-refractivity contribution >= 4 is 17.3 Å². The molecule has 0 radical (unpaired) electrons. The third-order valence-corrected chi connectivity index (χ3v) is 8.11. The lowest BCUT2D eigenvalue weighted by Gasteiger charge is -2.52. The minimum atomic E-state index is -0.420. The van der Waals surface area contributed by atoms with E-state index in [9.17, 15) is 4.79 Å². The van der Waals surface area contributed by atoms with E-state index in [1.54, 1.807) is 5.01 Å². The molecule has 1 fully saturated rings. The van der Waals surface area contributed by atoms with Gasteiger partial charge >= 0.3 is 0 Å². The first kappa shape index (κ1) is 23.6. The minimum Gasteiger partial charge on any atom is -0.272 e. The van der Waals surface area contributed by atoms with Crippen LogP contribution in [0.25, 0.3) is 0 Å². The molecule has 3 aliphatic rings. The molecule has 0 bridgehead atoms. The van der Waals surface area contributed by atoms with Gasteiger partial charge in [0.1, 0.15) is 0 Å². The molecule has 3 aliphatic heterocycles. The molecule has 3 heterocycles. The summed E-state index contributed by atoms with van der Waals surface area (Å²) in [5.41, 5.74) is 8.18. The van der Waals surface area contributed by atoms with Gasteiger partial charge in [0.25, 0.3) is 5.91 Å². The molecule has 7 rings (SSSR count). The maximum atomic E-state index is 14.4. The molecule has 39 heavy (non-hydrogen) atoms. The van der Waals surface area contributed by atoms with E-state index in [1.807, 2.05) is 36.4 Å². The zero-order valence-electron chi connectivity index (χ0n) is 21.9. The fourth-order valence-electron chi connectivity index (χ4n) is 6.29. The van der Waals surface area contributed by atoms with Crippen LogP contribution in [-0.4, -0.2) is 27.3 Å². The van der Waals surface area contributed by atoms with Gasteiger partial charge in [-0.05, 0) is 12.0 Å². The van der Waals surface area contributed by atoms with Crippen LogP contribution < -0.4 is 0 Å². The number of hydrogen-bond donors (Lipinski definition) is 0. The molecule has 0 saturated carbocycles. The van der Waals surface area contributed by atoms with Crippen molar-refractivity contribution in [2.45, 2.75) is 38.4 Å². The average molecular weight is 511 g/mol. The Hall–Kier alpha value is -4.51. The van der Waals surface area contributed by atoms with E-state index in [2.05, 4.69) is 84.7 Å². The summed E-state index contributed by atoms with van der Waals surface area (Å²) in [5, 5.41) is 14.4. The standard InChI is InChI=1S/C34H30N4O/c1-2-3-18-29-32-27-21-12-10-19-25(27)30(23-14-6-4-7-15-23)35-37(32)33-28-22-13-11-20-26(28)31(36-38(33)34(29)39)24-16-8-5-9-17-24/h4-17,19-22,29,32-33H,2-3,18H2,1H3/t29-,32-,33-/m0/s1. The Kier molecular flexibility index (Phi) is 5.85. The van der Waals surface area contributed by atoms with Crippen molar-refractivity contribution in [3.8, 4) is 0 Å². The molecule has 3 atom stereocenters. The molecule has 4 aromatic rings. The average Bonchev–Trinajstić information content (AvgIpc) is 3.01.